The Balaban J connectivity index is 1.63. The summed E-state index contributed by atoms with van der Waals surface area (Å²) in [5.74, 6) is 1.34. The molecule has 1 aliphatic carbocycles. The monoisotopic (exact) mass is 544 g/mol. The van der Waals surface area contributed by atoms with E-state index in [4.69, 9.17) is 0 Å². The van der Waals surface area contributed by atoms with Gasteiger partial charge in [-0.1, -0.05) is 137 Å². The average molecular weight is 545 g/mol. The van der Waals surface area contributed by atoms with Gasteiger partial charge in [0.2, 0.25) is 0 Å². The Labute approximate surface area is 251 Å². The Hall–Kier alpha value is -4.16. The molecule has 0 aromatic heterocycles. The van der Waals surface area contributed by atoms with E-state index in [1.165, 1.54) is 90.0 Å². The molecule has 0 saturated carbocycles. The van der Waals surface area contributed by atoms with E-state index in [0.717, 1.165) is 12.8 Å². The zero-order chi connectivity index (χ0) is 28.8. The highest BCUT2D eigenvalue weighted by Gasteiger charge is 2.31. The quantitative estimate of drug-likeness (QED) is 0.178. The van der Waals surface area contributed by atoms with Gasteiger partial charge in [-0.2, -0.15) is 0 Å². The SMILES string of the molecule is CC(C)CCc1ccccc1-c1c2c(c(-c3ccccc3CCC(C)C)c3ccccc13)-c1cccc3cccc-2c13. The molecule has 0 heteroatoms. The molecule has 0 N–H and O–H groups in total. The lowest BCUT2D eigenvalue weighted by Gasteiger charge is -2.23. The van der Waals surface area contributed by atoms with E-state index in [0.29, 0.717) is 11.8 Å². The first kappa shape index (κ1) is 26.7. The molecule has 0 heterocycles. The van der Waals surface area contributed by atoms with Crippen molar-refractivity contribution in [2.75, 3.05) is 0 Å². The summed E-state index contributed by atoms with van der Waals surface area (Å²) in [5, 5.41) is 5.42. The second kappa shape index (κ2) is 10.9. The molecule has 0 spiro atoms. The highest BCUT2D eigenvalue weighted by molar-refractivity contribution is 6.27. The second-order valence-corrected chi connectivity index (χ2v) is 12.9. The van der Waals surface area contributed by atoms with Crippen LogP contribution in [-0.2, 0) is 12.8 Å². The van der Waals surface area contributed by atoms with Crippen molar-refractivity contribution in [1.82, 2.24) is 0 Å². The first-order valence-corrected chi connectivity index (χ1v) is 15.8. The smallest absolute Gasteiger partial charge is 0.000731 e. The van der Waals surface area contributed by atoms with Gasteiger partial charge in [-0.25, -0.2) is 0 Å². The van der Waals surface area contributed by atoms with Gasteiger partial charge in [0.15, 0.2) is 0 Å². The Morgan fingerprint density at radius 2 is 0.810 bits per heavy atom. The number of hydrogen-bond acceptors (Lipinski definition) is 0. The largest absolute Gasteiger partial charge is 0.0628 e. The molecular formula is C42H40. The molecule has 0 bridgehead atoms. The number of benzene rings is 6. The lowest BCUT2D eigenvalue weighted by atomic mass is 9.80. The van der Waals surface area contributed by atoms with Gasteiger partial charge in [0.25, 0.3) is 0 Å². The second-order valence-electron chi connectivity index (χ2n) is 12.9. The summed E-state index contributed by atoms with van der Waals surface area (Å²) in [6.07, 6.45) is 4.56. The van der Waals surface area contributed by atoms with Crippen LogP contribution in [0, 0.1) is 11.8 Å². The van der Waals surface area contributed by atoms with Crippen molar-refractivity contribution in [1.29, 1.82) is 0 Å². The summed E-state index contributed by atoms with van der Waals surface area (Å²) in [7, 11) is 0. The van der Waals surface area contributed by atoms with Gasteiger partial charge in [0.1, 0.15) is 0 Å². The van der Waals surface area contributed by atoms with E-state index in [1.807, 2.05) is 0 Å². The van der Waals surface area contributed by atoms with Crippen LogP contribution in [0.3, 0.4) is 0 Å². The van der Waals surface area contributed by atoms with E-state index < -0.39 is 0 Å². The third-order valence-electron chi connectivity index (χ3n) is 9.21. The predicted molar refractivity (Wildman–Crippen MR) is 183 cm³/mol. The first-order chi connectivity index (χ1) is 20.5. The number of aryl methyl sites for hydroxylation is 2. The van der Waals surface area contributed by atoms with E-state index in [2.05, 4.69) is 137 Å². The van der Waals surface area contributed by atoms with E-state index in [1.54, 1.807) is 0 Å². The van der Waals surface area contributed by atoms with Gasteiger partial charge < -0.3 is 0 Å². The molecule has 0 radical (unpaired) electrons. The lowest BCUT2D eigenvalue weighted by Crippen LogP contribution is -2.00. The third kappa shape index (κ3) is 4.45. The lowest BCUT2D eigenvalue weighted by molar-refractivity contribution is 0.587. The zero-order valence-electron chi connectivity index (χ0n) is 25.4. The molecular weight excluding hydrogens is 504 g/mol. The summed E-state index contributed by atoms with van der Waals surface area (Å²) < 4.78 is 0. The van der Waals surface area contributed by atoms with Crippen molar-refractivity contribution in [3.8, 4) is 44.5 Å². The maximum absolute atomic E-state index is 2.37. The fraction of sp³-hybridized carbons (Fsp3) is 0.238. The van der Waals surface area contributed by atoms with Crippen LogP contribution in [-0.4, -0.2) is 0 Å². The third-order valence-corrected chi connectivity index (χ3v) is 9.21. The molecule has 1 aliphatic rings. The van der Waals surface area contributed by atoms with Crippen molar-refractivity contribution in [2.24, 2.45) is 11.8 Å². The minimum atomic E-state index is 0.670. The molecule has 0 unspecified atom stereocenters. The average Bonchev–Trinajstić information content (AvgIpc) is 3.34. The van der Waals surface area contributed by atoms with Crippen LogP contribution in [0.5, 0.6) is 0 Å². The highest BCUT2D eigenvalue weighted by atomic mass is 14.3. The van der Waals surface area contributed by atoms with Crippen molar-refractivity contribution in [3.05, 3.63) is 120 Å². The van der Waals surface area contributed by atoms with E-state index >= 15 is 0 Å². The maximum Gasteiger partial charge on any atom is -0.000731 e. The van der Waals surface area contributed by atoms with Crippen molar-refractivity contribution >= 4 is 21.5 Å². The summed E-state index contributed by atoms with van der Waals surface area (Å²) in [5.41, 5.74) is 14.0. The summed E-state index contributed by atoms with van der Waals surface area (Å²) in [6, 6.07) is 41.3. The Morgan fingerprint density at radius 1 is 0.405 bits per heavy atom. The molecule has 0 atom stereocenters. The number of fused-ring (bicyclic) bond motifs is 4. The molecule has 42 heavy (non-hydrogen) atoms. The van der Waals surface area contributed by atoms with Crippen LogP contribution >= 0.6 is 0 Å². The number of rotatable bonds is 8. The molecule has 0 fully saturated rings. The van der Waals surface area contributed by atoms with Gasteiger partial charge in [-0.3, -0.25) is 0 Å². The molecule has 6 aromatic carbocycles. The Kier molecular flexibility index (Phi) is 6.95. The normalized spacial score (nSPS) is 12.1. The van der Waals surface area contributed by atoms with Crippen LogP contribution in [0.2, 0.25) is 0 Å². The van der Waals surface area contributed by atoms with Crippen molar-refractivity contribution in [2.45, 2.75) is 53.4 Å². The van der Waals surface area contributed by atoms with Crippen molar-refractivity contribution in [3.63, 3.8) is 0 Å². The van der Waals surface area contributed by atoms with Crippen LogP contribution in [0.25, 0.3) is 66.1 Å². The molecule has 0 nitrogen and oxygen atoms in total. The number of hydrogen-bond donors (Lipinski definition) is 0. The van der Waals surface area contributed by atoms with Crippen LogP contribution in [0.4, 0.5) is 0 Å². The summed E-state index contributed by atoms with van der Waals surface area (Å²) in [4.78, 5) is 0. The van der Waals surface area contributed by atoms with E-state index in [-0.39, 0.29) is 0 Å². The minimum Gasteiger partial charge on any atom is -0.0628 e. The van der Waals surface area contributed by atoms with Gasteiger partial charge >= 0.3 is 0 Å². The molecule has 7 rings (SSSR count). The predicted octanol–water partition coefficient (Wildman–Crippen LogP) is 12.2. The minimum absolute atomic E-state index is 0.670. The Bertz CT molecular complexity index is 1800. The topological polar surface area (TPSA) is 0 Å². The standard InChI is InChI=1S/C42H40/c1-27(2)23-25-29-13-5-7-17-32(29)39-34-19-9-10-20-35(34)40(33-18-8-6-14-30(33)26-24-28(3)4)42-37-22-12-16-31-15-11-21-36(38(31)37)41(39)42/h5-22,27-28H,23-26H2,1-4H3. The highest BCUT2D eigenvalue weighted by Crippen LogP contribution is 2.58. The zero-order valence-corrected chi connectivity index (χ0v) is 25.4. The fourth-order valence-corrected chi connectivity index (χ4v) is 7.15. The van der Waals surface area contributed by atoms with E-state index in [9.17, 15) is 0 Å². The van der Waals surface area contributed by atoms with Gasteiger partial charge in [-0.15, -0.1) is 0 Å². The van der Waals surface area contributed by atoms with Crippen molar-refractivity contribution < 1.29 is 0 Å². The molecule has 208 valence electrons. The van der Waals surface area contributed by atoms with Crippen LogP contribution < -0.4 is 0 Å². The fourth-order valence-electron chi connectivity index (χ4n) is 7.15. The molecule has 0 saturated heterocycles. The first-order valence-electron chi connectivity index (χ1n) is 15.8. The van der Waals surface area contributed by atoms with Gasteiger partial charge in [0, 0.05) is 0 Å². The molecule has 0 amide bonds. The van der Waals surface area contributed by atoms with Gasteiger partial charge in [0.05, 0.1) is 0 Å². The molecule has 0 aliphatic heterocycles. The van der Waals surface area contributed by atoms with Crippen LogP contribution in [0.1, 0.15) is 51.7 Å². The molecule has 6 aromatic rings. The summed E-state index contributed by atoms with van der Waals surface area (Å²) >= 11 is 0. The Morgan fingerprint density at radius 3 is 1.26 bits per heavy atom. The van der Waals surface area contributed by atoms with Gasteiger partial charge in [-0.05, 0) is 115 Å². The maximum atomic E-state index is 2.37. The summed E-state index contributed by atoms with van der Waals surface area (Å²) in [6.45, 7) is 9.33. The van der Waals surface area contributed by atoms with Crippen LogP contribution in [0.15, 0.2) is 109 Å².